The summed E-state index contributed by atoms with van der Waals surface area (Å²) in [4.78, 5) is 28.2. The summed E-state index contributed by atoms with van der Waals surface area (Å²) in [5.41, 5.74) is 11.9. The molecule has 0 aliphatic heterocycles. The quantitative estimate of drug-likeness (QED) is 0.178. The lowest BCUT2D eigenvalue weighted by Gasteiger charge is -2.13. The van der Waals surface area contributed by atoms with E-state index in [0.717, 1.165) is 56.0 Å². The van der Waals surface area contributed by atoms with Crippen molar-refractivity contribution in [2.45, 2.75) is 0 Å². The first kappa shape index (κ1) is 28.6. The number of hydrogen-bond acceptors (Lipinski definition) is 6. The summed E-state index contributed by atoms with van der Waals surface area (Å²) in [7, 11) is 0. The molecule has 3 aromatic carbocycles. The normalized spacial score (nSPS) is 10.8. The molecule has 48 heavy (non-hydrogen) atoms. The summed E-state index contributed by atoms with van der Waals surface area (Å²) in [5.74, 6) is 0.570. The summed E-state index contributed by atoms with van der Waals surface area (Å²) >= 11 is 0. The molecule has 0 unspecified atom stereocenters. The number of rotatable bonds is 7. The van der Waals surface area contributed by atoms with Crippen LogP contribution in [0, 0.1) is 12.1 Å². The number of pyridine rings is 3. The summed E-state index contributed by atoms with van der Waals surface area (Å²) in [6.07, 6.45) is 6.99. The molecule has 5 aromatic heterocycles. The molecule has 224 valence electrons. The van der Waals surface area contributed by atoms with Crippen LogP contribution in [-0.2, 0) is 0 Å². The molecule has 8 aromatic rings. The summed E-state index contributed by atoms with van der Waals surface area (Å²) in [5, 5.41) is 0. The van der Waals surface area contributed by atoms with Crippen molar-refractivity contribution in [3.8, 4) is 78.9 Å². The summed E-state index contributed by atoms with van der Waals surface area (Å²) in [6, 6.07) is 50.7. The van der Waals surface area contributed by atoms with Crippen LogP contribution < -0.4 is 0 Å². The minimum absolute atomic E-state index is 0.570. The van der Waals surface area contributed by atoms with Crippen LogP contribution in [0.2, 0.25) is 0 Å². The average molecular weight is 615 g/mol. The van der Waals surface area contributed by atoms with Crippen LogP contribution >= 0.6 is 0 Å². The van der Waals surface area contributed by atoms with Crippen LogP contribution in [-0.4, -0.2) is 29.9 Å². The number of nitrogens with zero attached hydrogens (tertiary/aromatic N) is 6. The van der Waals surface area contributed by atoms with Gasteiger partial charge in [-0.3, -0.25) is 15.0 Å². The first-order valence-corrected chi connectivity index (χ1v) is 15.5. The van der Waals surface area contributed by atoms with Crippen LogP contribution in [0.4, 0.5) is 0 Å². The number of hydrogen-bond donors (Lipinski definition) is 0. The lowest BCUT2D eigenvalue weighted by molar-refractivity contribution is 1.15. The van der Waals surface area contributed by atoms with E-state index in [4.69, 9.17) is 9.97 Å². The SMILES string of the molecule is c1cnc(-c2cc(-c3ccccn3)nc(-c3cc(-c4ccc(-c5ccccn5)cc4)cc(-c4ccc(-c5ccccn5)cc4)c3)n2)cc#1. The van der Waals surface area contributed by atoms with Gasteiger partial charge in [0.15, 0.2) is 5.82 Å². The van der Waals surface area contributed by atoms with Gasteiger partial charge < -0.3 is 0 Å². The molecule has 0 N–H and O–H groups in total. The van der Waals surface area contributed by atoms with E-state index < -0.39 is 0 Å². The van der Waals surface area contributed by atoms with Gasteiger partial charge in [-0.05, 0) is 89.0 Å². The fourth-order valence-electron chi connectivity index (χ4n) is 5.60. The molecule has 0 atom stereocenters. The molecular formula is C42H26N6. The Hall–Kier alpha value is -6.84. The maximum atomic E-state index is 5.04. The van der Waals surface area contributed by atoms with Crippen molar-refractivity contribution in [2.75, 3.05) is 0 Å². The van der Waals surface area contributed by atoms with E-state index in [1.54, 1.807) is 18.5 Å². The van der Waals surface area contributed by atoms with E-state index in [9.17, 15) is 0 Å². The third-order valence-electron chi connectivity index (χ3n) is 8.03. The molecule has 5 heterocycles. The smallest absolute Gasteiger partial charge is 0.160 e. The van der Waals surface area contributed by atoms with Crippen LogP contribution in [0.15, 0.2) is 158 Å². The number of benzene rings is 3. The van der Waals surface area contributed by atoms with Gasteiger partial charge in [-0.15, -0.1) is 0 Å². The third-order valence-corrected chi connectivity index (χ3v) is 8.03. The Morgan fingerprint density at radius 1 is 0.333 bits per heavy atom. The van der Waals surface area contributed by atoms with Crippen molar-refractivity contribution >= 4 is 0 Å². The second-order valence-corrected chi connectivity index (χ2v) is 11.1. The van der Waals surface area contributed by atoms with Gasteiger partial charge in [-0.1, -0.05) is 72.8 Å². The highest BCUT2D eigenvalue weighted by molar-refractivity contribution is 5.82. The average Bonchev–Trinajstić information content (AvgIpc) is 3.19. The van der Waals surface area contributed by atoms with Crippen molar-refractivity contribution in [1.82, 2.24) is 29.9 Å². The predicted molar refractivity (Wildman–Crippen MR) is 189 cm³/mol. The van der Waals surface area contributed by atoms with Crippen molar-refractivity contribution in [3.05, 3.63) is 170 Å². The fraction of sp³-hybridized carbons (Fsp3) is 0. The Kier molecular flexibility index (Phi) is 7.68. The Balaban J connectivity index is 1.28. The number of aromatic nitrogens is 6. The molecule has 6 heteroatoms. The summed E-state index contributed by atoms with van der Waals surface area (Å²) < 4.78 is 0. The minimum Gasteiger partial charge on any atom is -0.256 e. The Morgan fingerprint density at radius 3 is 1.29 bits per heavy atom. The van der Waals surface area contributed by atoms with Gasteiger partial charge in [-0.2, -0.15) is 0 Å². The zero-order chi connectivity index (χ0) is 32.1. The van der Waals surface area contributed by atoms with Gasteiger partial charge in [0.2, 0.25) is 0 Å². The van der Waals surface area contributed by atoms with Crippen molar-refractivity contribution in [2.24, 2.45) is 0 Å². The van der Waals surface area contributed by atoms with Gasteiger partial charge in [0, 0.05) is 41.3 Å². The second-order valence-electron chi connectivity index (χ2n) is 11.1. The highest BCUT2D eigenvalue weighted by atomic mass is 14.9. The molecule has 8 rings (SSSR count). The van der Waals surface area contributed by atoms with Crippen LogP contribution in [0.1, 0.15) is 0 Å². The van der Waals surface area contributed by atoms with Crippen LogP contribution in [0.5, 0.6) is 0 Å². The van der Waals surface area contributed by atoms with Crippen molar-refractivity contribution < 1.29 is 0 Å². The first-order chi connectivity index (χ1) is 23.8. The topological polar surface area (TPSA) is 77.3 Å². The molecule has 0 aliphatic carbocycles. The van der Waals surface area contributed by atoms with E-state index in [1.165, 1.54) is 0 Å². The molecule has 0 aliphatic rings. The zero-order valence-corrected chi connectivity index (χ0v) is 25.7. The van der Waals surface area contributed by atoms with Gasteiger partial charge in [-0.25, -0.2) is 15.0 Å². The predicted octanol–water partition coefficient (Wildman–Crippen LogP) is 9.33. The minimum atomic E-state index is 0.570. The molecule has 0 spiro atoms. The molecule has 0 bridgehead atoms. The molecule has 0 amide bonds. The third kappa shape index (κ3) is 6.04. The van der Waals surface area contributed by atoms with Crippen LogP contribution in [0.25, 0.3) is 78.9 Å². The highest BCUT2D eigenvalue weighted by Gasteiger charge is 2.15. The Labute approximate surface area is 278 Å². The van der Waals surface area contributed by atoms with E-state index in [-0.39, 0.29) is 0 Å². The Bertz CT molecular complexity index is 2130. The lowest BCUT2D eigenvalue weighted by Crippen LogP contribution is -1.98. The summed E-state index contributed by atoms with van der Waals surface area (Å²) in [6.45, 7) is 0. The van der Waals surface area contributed by atoms with E-state index >= 15 is 0 Å². The fourth-order valence-corrected chi connectivity index (χ4v) is 5.60. The molecule has 6 nitrogen and oxygen atoms in total. The van der Waals surface area contributed by atoms with Gasteiger partial charge >= 0.3 is 0 Å². The second kappa shape index (κ2) is 12.9. The monoisotopic (exact) mass is 614 g/mol. The van der Waals surface area contributed by atoms with Gasteiger partial charge in [0.1, 0.15) is 0 Å². The zero-order valence-electron chi connectivity index (χ0n) is 25.7. The Morgan fingerprint density at radius 2 is 0.812 bits per heavy atom. The standard InChI is InChI=1S/C42H26N6/c1-5-21-43-36(9-1)31-17-13-29(14-18-31)33-25-34(30-15-19-32(20-16-30)37-10-2-6-22-44-37)27-35(26-33)42-47-40(38-11-3-7-23-45-38)28-41(48-42)39-12-4-8-24-46-39/h1-3,5-7,9-28H. The van der Waals surface area contributed by atoms with E-state index in [0.29, 0.717) is 22.9 Å². The highest BCUT2D eigenvalue weighted by Crippen LogP contribution is 2.35. The van der Waals surface area contributed by atoms with Gasteiger partial charge in [0.05, 0.1) is 40.4 Å². The van der Waals surface area contributed by atoms with Crippen molar-refractivity contribution in [3.63, 3.8) is 0 Å². The molecule has 0 radical (unpaired) electrons. The molecular weight excluding hydrogens is 589 g/mol. The maximum Gasteiger partial charge on any atom is 0.160 e. The van der Waals surface area contributed by atoms with Crippen molar-refractivity contribution in [1.29, 1.82) is 0 Å². The maximum absolute atomic E-state index is 5.04. The van der Waals surface area contributed by atoms with E-state index in [1.807, 2.05) is 73.1 Å². The van der Waals surface area contributed by atoms with Gasteiger partial charge in [0.25, 0.3) is 0 Å². The largest absolute Gasteiger partial charge is 0.256 e. The molecule has 0 saturated heterocycles. The lowest BCUT2D eigenvalue weighted by atomic mass is 9.94. The first-order valence-electron chi connectivity index (χ1n) is 15.5. The molecule has 0 fully saturated rings. The van der Waals surface area contributed by atoms with Crippen LogP contribution in [0.3, 0.4) is 0 Å². The van der Waals surface area contributed by atoms with E-state index in [2.05, 4.69) is 98.8 Å². The molecule has 0 saturated carbocycles.